The molecule has 0 aliphatic heterocycles. The third-order valence-electron chi connectivity index (χ3n) is 4.16. The van der Waals surface area contributed by atoms with Gasteiger partial charge in [-0.25, -0.2) is 9.67 Å². The van der Waals surface area contributed by atoms with Crippen LogP contribution in [0.3, 0.4) is 0 Å². The molecule has 0 unspecified atom stereocenters. The molecule has 0 fully saturated rings. The lowest BCUT2D eigenvalue weighted by Crippen LogP contribution is -2.15. The molecule has 5 nitrogen and oxygen atoms in total. The summed E-state index contributed by atoms with van der Waals surface area (Å²) in [6.07, 6.45) is 0. The van der Waals surface area contributed by atoms with Crippen LogP contribution in [0.2, 0.25) is 0 Å². The average Bonchev–Trinajstić information content (AvgIpc) is 3.23. The maximum Gasteiger partial charge on any atom is 0.234 e. The summed E-state index contributed by atoms with van der Waals surface area (Å²) in [5.74, 6) is 0.257. The number of benzene rings is 2. The van der Waals surface area contributed by atoms with Crippen molar-refractivity contribution in [3.8, 4) is 5.69 Å². The average molecular weight is 395 g/mol. The van der Waals surface area contributed by atoms with E-state index in [1.165, 1.54) is 11.8 Å². The van der Waals surface area contributed by atoms with Crippen molar-refractivity contribution in [1.82, 2.24) is 14.8 Å². The normalized spacial score (nSPS) is 11.0. The largest absolute Gasteiger partial charge is 0.322 e. The first kappa shape index (κ1) is 17.8. The number of hydrogen-bond acceptors (Lipinski definition) is 5. The molecule has 136 valence electrons. The van der Waals surface area contributed by atoms with Gasteiger partial charge in [0.05, 0.1) is 38.7 Å². The van der Waals surface area contributed by atoms with Gasteiger partial charge in [0.1, 0.15) is 0 Å². The van der Waals surface area contributed by atoms with E-state index in [0.717, 1.165) is 37.3 Å². The Morgan fingerprint density at radius 3 is 2.63 bits per heavy atom. The van der Waals surface area contributed by atoms with E-state index in [-0.39, 0.29) is 5.91 Å². The van der Waals surface area contributed by atoms with Crippen LogP contribution in [0.1, 0.15) is 11.4 Å². The molecule has 0 radical (unpaired) electrons. The van der Waals surface area contributed by atoms with E-state index >= 15 is 0 Å². The zero-order chi connectivity index (χ0) is 18.8. The number of thiazole rings is 1. The molecular formula is C20H18N4OS2. The van der Waals surface area contributed by atoms with Gasteiger partial charge in [0.15, 0.2) is 4.34 Å². The molecule has 0 saturated heterocycles. The van der Waals surface area contributed by atoms with E-state index in [4.69, 9.17) is 0 Å². The zero-order valence-corrected chi connectivity index (χ0v) is 16.6. The number of fused-ring (bicyclic) bond motifs is 1. The summed E-state index contributed by atoms with van der Waals surface area (Å²) in [6, 6.07) is 17.9. The Labute approximate surface area is 165 Å². The van der Waals surface area contributed by atoms with Gasteiger partial charge in [-0.3, -0.25) is 4.79 Å². The molecule has 0 spiro atoms. The molecule has 2 aromatic carbocycles. The van der Waals surface area contributed by atoms with Crippen molar-refractivity contribution in [1.29, 1.82) is 0 Å². The summed E-state index contributed by atoms with van der Waals surface area (Å²) in [7, 11) is 0. The first-order valence-corrected chi connectivity index (χ1v) is 10.3. The maximum atomic E-state index is 12.5. The number of carbonyl (C=O) groups is 1. The van der Waals surface area contributed by atoms with Gasteiger partial charge in [-0.15, -0.1) is 11.3 Å². The van der Waals surface area contributed by atoms with Crippen molar-refractivity contribution in [2.24, 2.45) is 0 Å². The maximum absolute atomic E-state index is 12.5. The molecule has 1 amide bonds. The van der Waals surface area contributed by atoms with Crippen molar-refractivity contribution < 1.29 is 4.79 Å². The fourth-order valence-electron chi connectivity index (χ4n) is 2.86. The van der Waals surface area contributed by atoms with Crippen LogP contribution in [-0.4, -0.2) is 26.4 Å². The third kappa shape index (κ3) is 3.74. The number of carbonyl (C=O) groups excluding carboxylic acids is 1. The minimum Gasteiger partial charge on any atom is -0.322 e. The number of hydrogen-bond donors (Lipinski definition) is 1. The molecular weight excluding hydrogens is 376 g/mol. The highest BCUT2D eigenvalue weighted by molar-refractivity contribution is 8.01. The molecule has 27 heavy (non-hydrogen) atoms. The summed E-state index contributed by atoms with van der Waals surface area (Å²) >= 11 is 3.07. The second kappa shape index (κ2) is 7.54. The molecule has 2 heterocycles. The predicted octanol–water partition coefficient (Wildman–Crippen LogP) is 4.83. The number of thioether (sulfide) groups is 1. The molecule has 0 atom stereocenters. The first-order valence-electron chi connectivity index (χ1n) is 8.51. The minimum atomic E-state index is -0.0573. The summed E-state index contributed by atoms with van der Waals surface area (Å²) in [4.78, 5) is 17.0. The van der Waals surface area contributed by atoms with Gasteiger partial charge in [0, 0.05) is 0 Å². The topological polar surface area (TPSA) is 59.8 Å². The summed E-state index contributed by atoms with van der Waals surface area (Å²) in [6.45, 7) is 3.87. The first-order chi connectivity index (χ1) is 13.1. The zero-order valence-electron chi connectivity index (χ0n) is 15.0. The minimum absolute atomic E-state index is 0.0573. The Morgan fingerprint density at radius 1 is 1.11 bits per heavy atom. The Balaban J connectivity index is 1.46. The second-order valence-corrected chi connectivity index (χ2v) is 8.33. The van der Waals surface area contributed by atoms with Crippen LogP contribution >= 0.6 is 23.1 Å². The van der Waals surface area contributed by atoms with Crippen LogP contribution in [-0.2, 0) is 4.79 Å². The molecule has 0 saturated carbocycles. The van der Waals surface area contributed by atoms with Crippen LogP contribution in [0.25, 0.3) is 15.9 Å². The third-order valence-corrected chi connectivity index (χ3v) is 6.34. The smallest absolute Gasteiger partial charge is 0.234 e. The van der Waals surface area contributed by atoms with Crippen molar-refractivity contribution in [2.75, 3.05) is 11.1 Å². The van der Waals surface area contributed by atoms with Crippen molar-refractivity contribution in [3.05, 3.63) is 66.0 Å². The van der Waals surface area contributed by atoms with Crippen LogP contribution < -0.4 is 5.32 Å². The highest BCUT2D eigenvalue weighted by Gasteiger charge is 2.16. The molecule has 0 bridgehead atoms. The predicted molar refractivity (Wildman–Crippen MR) is 112 cm³/mol. The van der Waals surface area contributed by atoms with Crippen LogP contribution in [0, 0.1) is 13.8 Å². The number of nitrogens with zero attached hydrogens (tertiary/aromatic N) is 3. The van der Waals surface area contributed by atoms with Gasteiger partial charge in [-0.05, 0) is 38.1 Å². The van der Waals surface area contributed by atoms with E-state index in [1.807, 2.05) is 73.1 Å². The number of aryl methyl sites for hydroxylation is 1. The lowest BCUT2D eigenvalue weighted by molar-refractivity contribution is -0.113. The Morgan fingerprint density at radius 2 is 1.85 bits per heavy atom. The van der Waals surface area contributed by atoms with Gasteiger partial charge in [0.25, 0.3) is 0 Å². The van der Waals surface area contributed by atoms with Crippen LogP contribution in [0.15, 0.2) is 58.9 Å². The monoisotopic (exact) mass is 394 g/mol. The number of rotatable bonds is 5. The fraction of sp³-hybridized carbons (Fsp3) is 0.150. The summed E-state index contributed by atoms with van der Waals surface area (Å²) < 4.78 is 3.89. The molecule has 0 aliphatic rings. The molecule has 0 aliphatic carbocycles. The highest BCUT2D eigenvalue weighted by atomic mass is 32.2. The fourth-order valence-corrected chi connectivity index (χ4v) is 4.73. The van der Waals surface area contributed by atoms with E-state index in [9.17, 15) is 4.79 Å². The van der Waals surface area contributed by atoms with Gasteiger partial charge in [-0.2, -0.15) is 5.10 Å². The highest BCUT2D eigenvalue weighted by Crippen LogP contribution is 2.29. The molecule has 1 N–H and O–H groups in total. The van der Waals surface area contributed by atoms with Crippen molar-refractivity contribution in [2.45, 2.75) is 18.2 Å². The molecule has 7 heteroatoms. The van der Waals surface area contributed by atoms with Gasteiger partial charge >= 0.3 is 0 Å². The van der Waals surface area contributed by atoms with Gasteiger partial charge < -0.3 is 5.32 Å². The number of anilines is 1. The van der Waals surface area contributed by atoms with Crippen LogP contribution in [0.5, 0.6) is 0 Å². The number of nitrogens with one attached hydrogen (secondary N) is 1. The quantitative estimate of drug-likeness (QED) is 0.493. The number of amides is 1. The number of aromatic nitrogens is 3. The lowest BCUT2D eigenvalue weighted by Gasteiger charge is -2.06. The van der Waals surface area contributed by atoms with Crippen molar-refractivity contribution in [3.63, 3.8) is 0 Å². The second-order valence-electron chi connectivity index (χ2n) is 6.08. The number of para-hydroxylation sites is 2. The van der Waals surface area contributed by atoms with Gasteiger partial charge in [-0.1, -0.05) is 42.1 Å². The molecule has 4 rings (SSSR count). The Bertz CT molecular complexity index is 1070. The molecule has 4 aromatic rings. The van der Waals surface area contributed by atoms with Crippen LogP contribution in [0.4, 0.5) is 5.69 Å². The Kier molecular flexibility index (Phi) is 4.96. The van der Waals surface area contributed by atoms with E-state index in [2.05, 4.69) is 15.4 Å². The SMILES string of the molecule is Cc1nn(-c2ccccc2)c(C)c1NC(=O)CSc1nc2ccccc2s1. The van der Waals surface area contributed by atoms with Gasteiger partial charge in [0.2, 0.25) is 5.91 Å². The van der Waals surface area contributed by atoms with E-state index in [1.54, 1.807) is 11.3 Å². The van der Waals surface area contributed by atoms with E-state index < -0.39 is 0 Å². The van der Waals surface area contributed by atoms with Crippen molar-refractivity contribution >= 4 is 44.9 Å². The van der Waals surface area contributed by atoms with E-state index in [0.29, 0.717) is 5.75 Å². The standard InChI is InChI=1S/C20H18N4OS2/c1-13-19(14(2)24(23-13)15-8-4-3-5-9-15)22-18(25)12-26-20-21-16-10-6-7-11-17(16)27-20/h3-11H,12H2,1-2H3,(H,22,25). The summed E-state index contributed by atoms with van der Waals surface area (Å²) in [5, 5.41) is 7.57. The summed E-state index contributed by atoms with van der Waals surface area (Å²) in [5.41, 5.74) is 4.43. The Hall–Kier alpha value is -2.64. The lowest BCUT2D eigenvalue weighted by atomic mass is 10.3. The molecule has 2 aromatic heterocycles.